The van der Waals surface area contributed by atoms with E-state index in [1.165, 1.54) is 7.11 Å². The number of carbonyl (C=O) groups excluding carboxylic acids is 1. The van der Waals surface area contributed by atoms with Crippen molar-refractivity contribution in [2.75, 3.05) is 27.4 Å². The van der Waals surface area contributed by atoms with Crippen molar-refractivity contribution >= 4 is 16.3 Å². The summed E-state index contributed by atoms with van der Waals surface area (Å²) in [4.78, 5) is 12.3. The van der Waals surface area contributed by atoms with Gasteiger partial charge < -0.3 is 29.8 Å². The standard InChI is InChI=1S/C22H35NO10S.Na.H/c1-7-30-19-17(23-34(25,26)27)18(31-12-14-8-10-15(28-5)11-9-14)16(33-20(19)29-6)13-32-21(24)22(2,3)4;;/h8-11,16-20,23H,7,12-13H2,1-6H3,(H,25,26,27);;/q;+1;-1/t16-,17+,18-,19+,20+;;/m1../s1. The molecule has 1 aliphatic rings. The zero-order chi connectivity index (χ0) is 25.5. The Labute approximate surface area is 230 Å². The Kier molecular flexibility index (Phi) is 13.1. The summed E-state index contributed by atoms with van der Waals surface area (Å²) in [6.45, 7) is 6.91. The molecule has 0 spiro atoms. The molecular weight excluding hydrogens is 493 g/mol. The van der Waals surface area contributed by atoms with Crippen LogP contribution in [0.5, 0.6) is 5.75 Å². The molecule has 2 N–H and O–H groups in total. The molecular formula is C22H36NNaO10S. The number of hydrogen-bond donors (Lipinski definition) is 2. The van der Waals surface area contributed by atoms with Gasteiger partial charge in [0.05, 0.1) is 25.2 Å². The summed E-state index contributed by atoms with van der Waals surface area (Å²) in [5.41, 5.74) is 0.0213. The fourth-order valence-electron chi connectivity index (χ4n) is 3.42. The van der Waals surface area contributed by atoms with Gasteiger partial charge in [-0.25, -0.2) is 0 Å². The number of methoxy groups -OCH3 is 2. The normalized spacial score (nSPS) is 24.9. The monoisotopic (exact) mass is 529 g/mol. The Morgan fingerprint density at radius 3 is 2.26 bits per heavy atom. The topological polar surface area (TPSA) is 139 Å². The van der Waals surface area contributed by atoms with Crippen LogP contribution in [0.4, 0.5) is 0 Å². The Morgan fingerprint density at radius 2 is 1.77 bits per heavy atom. The number of rotatable bonds is 11. The molecule has 13 heteroatoms. The second-order valence-corrected chi connectivity index (χ2v) is 9.98. The number of hydrogen-bond acceptors (Lipinski definition) is 9. The molecule has 1 fully saturated rings. The fourth-order valence-corrected chi connectivity index (χ4v) is 4.03. The molecule has 35 heavy (non-hydrogen) atoms. The van der Waals surface area contributed by atoms with Crippen LogP contribution < -0.4 is 39.0 Å². The second-order valence-electron chi connectivity index (χ2n) is 8.79. The van der Waals surface area contributed by atoms with E-state index in [4.69, 9.17) is 28.4 Å². The molecule has 0 radical (unpaired) electrons. The van der Waals surface area contributed by atoms with Crippen LogP contribution in [0, 0.1) is 5.41 Å². The first-order valence-corrected chi connectivity index (χ1v) is 12.3. The second kappa shape index (κ2) is 14.2. The Balaban J connectivity index is 0.00000612. The first-order valence-electron chi connectivity index (χ1n) is 10.9. The Bertz CT molecular complexity index is 897. The molecule has 2 rings (SSSR count). The minimum Gasteiger partial charge on any atom is -1.00 e. The van der Waals surface area contributed by atoms with Crippen molar-refractivity contribution in [2.24, 2.45) is 5.41 Å². The van der Waals surface area contributed by atoms with Gasteiger partial charge in [0.15, 0.2) is 6.29 Å². The van der Waals surface area contributed by atoms with Gasteiger partial charge in [-0.1, -0.05) is 12.1 Å². The van der Waals surface area contributed by atoms with Crippen molar-refractivity contribution in [3.63, 3.8) is 0 Å². The van der Waals surface area contributed by atoms with E-state index in [2.05, 4.69) is 4.72 Å². The number of esters is 1. The van der Waals surface area contributed by atoms with E-state index < -0.39 is 52.3 Å². The van der Waals surface area contributed by atoms with Crippen LogP contribution in [0.25, 0.3) is 0 Å². The zero-order valence-corrected chi connectivity index (χ0v) is 24.2. The van der Waals surface area contributed by atoms with Gasteiger partial charge in [-0.3, -0.25) is 9.35 Å². The fraction of sp³-hybridized carbons (Fsp3) is 0.682. The number of nitrogens with one attached hydrogen (secondary N) is 1. The van der Waals surface area contributed by atoms with Gasteiger partial charge in [-0.15, -0.1) is 0 Å². The van der Waals surface area contributed by atoms with E-state index in [-0.39, 0.29) is 50.8 Å². The Morgan fingerprint density at radius 1 is 1.14 bits per heavy atom. The van der Waals surface area contributed by atoms with E-state index in [9.17, 15) is 17.8 Å². The quantitative estimate of drug-likeness (QED) is 0.205. The smallest absolute Gasteiger partial charge is 1.00 e. The number of benzene rings is 1. The van der Waals surface area contributed by atoms with E-state index in [0.29, 0.717) is 5.75 Å². The SMILES string of the molecule is CCO[C@@H]1[C@@H](OC)O[C@H](COC(=O)C(C)(C)C)[C@@H](OCc2ccc(OC)cc2)[C@@H]1NS(=O)(=O)O.[H-].[Na+]. The minimum absolute atomic E-state index is 0. The third-order valence-electron chi connectivity index (χ3n) is 5.12. The summed E-state index contributed by atoms with van der Waals surface area (Å²) in [6.07, 6.45) is -3.89. The average molecular weight is 530 g/mol. The summed E-state index contributed by atoms with van der Waals surface area (Å²) < 4.78 is 69.0. The van der Waals surface area contributed by atoms with Crippen molar-refractivity contribution in [2.45, 2.75) is 64.9 Å². The van der Waals surface area contributed by atoms with Gasteiger partial charge in [0.2, 0.25) is 0 Å². The van der Waals surface area contributed by atoms with Gasteiger partial charge in [0.1, 0.15) is 30.7 Å². The predicted octanol–water partition coefficient (Wildman–Crippen LogP) is -1.18. The average Bonchev–Trinajstić information content (AvgIpc) is 2.76. The van der Waals surface area contributed by atoms with Crippen molar-refractivity contribution < 1.29 is 77.2 Å². The van der Waals surface area contributed by atoms with Gasteiger partial charge in [0.25, 0.3) is 0 Å². The van der Waals surface area contributed by atoms with Crippen LogP contribution in [0.3, 0.4) is 0 Å². The first-order chi connectivity index (χ1) is 15.9. The number of ether oxygens (including phenoxy) is 6. The maximum atomic E-state index is 12.3. The van der Waals surface area contributed by atoms with Crippen molar-refractivity contribution in [1.82, 2.24) is 4.72 Å². The van der Waals surface area contributed by atoms with Crippen LogP contribution in [-0.2, 0) is 45.4 Å². The summed E-state index contributed by atoms with van der Waals surface area (Å²) in [5.74, 6) is 0.201. The summed E-state index contributed by atoms with van der Waals surface area (Å²) >= 11 is 0. The molecule has 1 aromatic rings. The van der Waals surface area contributed by atoms with E-state index >= 15 is 0 Å². The first kappa shape index (κ1) is 32.2. The summed E-state index contributed by atoms with van der Waals surface area (Å²) in [7, 11) is -1.73. The van der Waals surface area contributed by atoms with E-state index in [0.717, 1.165) is 5.56 Å². The zero-order valence-electron chi connectivity index (χ0n) is 22.3. The van der Waals surface area contributed by atoms with Crippen molar-refractivity contribution in [3.05, 3.63) is 29.8 Å². The summed E-state index contributed by atoms with van der Waals surface area (Å²) in [5, 5.41) is 0. The molecule has 1 aromatic carbocycles. The molecule has 11 nitrogen and oxygen atoms in total. The van der Waals surface area contributed by atoms with Crippen molar-refractivity contribution in [3.8, 4) is 5.75 Å². The maximum absolute atomic E-state index is 12.3. The molecule has 0 unspecified atom stereocenters. The molecule has 196 valence electrons. The largest absolute Gasteiger partial charge is 1.00 e. The van der Waals surface area contributed by atoms with Gasteiger partial charge in [-0.2, -0.15) is 13.1 Å². The van der Waals surface area contributed by atoms with Crippen molar-refractivity contribution in [1.29, 1.82) is 0 Å². The van der Waals surface area contributed by atoms with Crippen LogP contribution in [0.2, 0.25) is 0 Å². The van der Waals surface area contributed by atoms with Gasteiger partial charge in [0, 0.05) is 13.7 Å². The molecule has 0 amide bonds. The molecule has 0 bridgehead atoms. The van der Waals surface area contributed by atoms with Crippen LogP contribution >= 0.6 is 0 Å². The van der Waals surface area contributed by atoms with E-state index in [1.54, 1.807) is 59.1 Å². The third-order valence-corrected chi connectivity index (χ3v) is 5.69. The van der Waals surface area contributed by atoms with Crippen LogP contribution in [0.1, 0.15) is 34.7 Å². The molecule has 0 aliphatic carbocycles. The molecule has 0 aromatic heterocycles. The van der Waals surface area contributed by atoms with Gasteiger partial charge in [-0.05, 0) is 45.4 Å². The molecule has 1 heterocycles. The minimum atomic E-state index is -4.65. The molecule has 5 atom stereocenters. The van der Waals surface area contributed by atoms with Gasteiger partial charge >= 0.3 is 45.8 Å². The van der Waals surface area contributed by atoms with E-state index in [1.807, 2.05) is 0 Å². The Hall–Kier alpha value is -0.800. The molecule has 0 saturated carbocycles. The third kappa shape index (κ3) is 9.88. The van der Waals surface area contributed by atoms with Crippen LogP contribution in [0.15, 0.2) is 24.3 Å². The summed E-state index contributed by atoms with van der Waals surface area (Å²) in [6, 6.07) is 6.00. The molecule has 1 aliphatic heterocycles. The number of carbonyl (C=O) groups is 1. The maximum Gasteiger partial charge on any atom is 1.00 e. The van der Waals surface area contributed by atoms with Crippen LogP contribution in [-0.4, -0.2) is 77.0 Å². The predicted molar refractivity (Wildman–Crippen MR) is 123 cm³/mol. The molecule has 1 saturated heterocycles.